The van der Waals surface area contributed by atoms with Gasteiger partial charge in [0.05, 0.1) is 0 Å². The summed E-state index contributed by atoms with van der Waals surface area (Å²) in [5.74, 6) is -0.767. The Morgan fingerprint density at radius 2 is 1.78 bits per heavy atom. The molecule has 0 saturated carbocycles. The molecule has 2 heterocycles. The zero-order valence-corrected chi connectivity index (χ0v) is 12.7. The SMILES string of the molecule is O=C(O)c1cc(C(=O)N2CCC(c3ccccc3)CC2)ccn1. The van der Waals surface area contributed by atoms with Crippen LogP contribution in [0.1, 0.15) is 45.2 Å². The molecule has 1 aliphatic rings. The first kappa shape index (κ1) is 15.2. The van der Waals surface area contributed by atoms with Gasteiger partial charge in [0.1, 0.15) is 5.69 Å². The minimum atomic E-state index is -1.12. The van der Waals surface area contributed by atoms with Crippen molar-refractivity contribution in [3.8, 4) is 0 Å². The van der Waals surface area contributed by atoms with Crippen molar-refractivity contribution in [2.45, 2.75) is 18.8 Å². The summed E-state index contributed by atoms with van der Waals surface area (Å²) in [6.07, 6.45) is 3.21. The van der Waals surface area contributed by atoms with Crippen molar-refractivity contribution in [3.05, 3.63) is 65.5 Å². The molecule has 0 aliphatic carbocycles. The van der Waals surface area contributed by atoms with Gasteiger partial charge in [-0.05, 0) is 36.5 Å². The molecule has 2 aromatic rings. The van der Waals surface area contributed by atoms with Crippen molar-refractivity contribution in [2.75, 3.05) is 13.1 Å². The van der Waals surface area contributed by atoms with Crippen LogP contribution in [-0.2, 0) is 0 Å². The number of aromatic carboxylic acids is 1. The fourth-order valence-electron chi connectivity index (χ4n) is 3.00. The number of benzene rings is 1. The molecule has 5 nitrogen and oxygen atoms in total. The Bertz CT molecular complexity index is 707. The smallest absolute Gasteiger partial charge is 0.354 e. The lowest BCUT2D eigenvalue weighted by molar-refractivity contribution is 0.0690. The third kappa shape index (κ3) is 3.39. The lowest BCUT2D eigenvalue weighted by Gasteiger charge is -2.32. The summed E-state index contributed by atoms with van der Waals surface area (Å²) in [5.41, 5.74) is 1.60. The van der Waals surface area contributed by atoms with Crippen molar-refractivity contribution < 1.29 is 14.7 Å². The van der Waals surface area contributed by atoms with Gasteiger partial charge >= 0.3 is 5.97 Å². The molecule has 1 aromatic carbocycles. The average Bonchev–Trinajstić information content (AvgIpc) is 2.62. The first-order valence-electron chi connectivity index (χ1n) is 7.68. The van der Waals surface area contributed by atoms with Crippen LogP contribution in [0.15, 0.2) is 48.7 Å². The third-order valence-electron chi connectivity index (χ3n) is 4.28. The van der Waals surface area contributed by atoms with Gasteiger partial charge in [0.15, 0.2) is 0 Å². The molecule has 0 unspecified atom stereocenters. The molecule has 5 heteroatoms. The van der Waals surface area contributed by atoms with Crippen LogP contribution >= 0.6 is 0 Å². The fraction of sp³-hybridized carbons (Fsp3) is 0.278. The van der Waals surface area contributed by atoms with Crippen molar-refractivity contribution in [3.63, 3.8) is 0 Å². The highest BCUT2D eigenvalue weighted by Crippen LogP contribution is 2.28. The van der Waals surface area contributed by atoms with Gasteiger partial charge in [-0.2, -0.15) is 0 Å². The molecule has 1 N–H and O–H groups in total. The molecule has 1 amide bonds. The summed E-state index contributed by atoms with van der Waals surface area (Å²) in [5, 5.41) is 8.97. The molecule has 0 bridgehead atoms. The van der Waals surface area contributed by atoms with Crippen LogP contribution in [0.3, 0.4) is 0 Å². The number of likely N-dealkylation sites (tertiary alicyclic amines) is 1. The minimum absolute atomic E-state index is 0.102. The van der Waals surface area contributed by atoms with E-state index in [0.29, 0.717) is 24.6 Å². The quantitative estimate of drug-likeness (QED) is 0.946. The van der Waals surface area contributed by atoms with E-state index >= 15 is 0 Å². The summed E-state index contributed by atoms with van der Waals surface area (Å²) in [6, 6.07) is 13.3. The summed E-state index contributed by atoms with van der Waals surface area (Å²) in [6.45, 7) is 1.37. The summed E-state index contributed by atoms with van der Waals surface area (Å²) >= 11 is 0. The van der Waals surface area contributed by atoms with Gasteiger partial charge in [-0.3, -0.25) is 4.79 Å². The van der Waals surface area contributed by atoms with E-state index in [2.05, 4.69) is 17.1 Å². The zero-order chi connectivity index (χ0) is 16.2. The Labute approximate surface area is 134 Å². The number of hydrogen-bond donors (Lipinski definition) is 1. The number of carbonyl (C=O) groups is 2. The fourth-order valence-corrected chi connectivity index (χ4v) is 3.00. The molecule has 1 fully saturated rings. The number of piperidine rings is 1. The van der Waals surface area contributed by atoms with Crippen LogP contribution in [0.2, 0.25) is 0 Å². The molecular formula is C18H18N2O3. The maximum atomic E-state index is 12.5. The second kappa shape index (κ2) is 6.60. The lowest BCUT2D eigenvalue weighted by Crippen LogP contribution is -2.38. The van der Waals surface area contributed by atoms with Crippen LogP contribution in [0, 0.1) is 0 Å². The Hall–Kier alpha value is -2.69. The molecule has 23 heavy (non-hydrogen) atoms. The lowest BCUT2D eigenvalue weighted by atomic mass is 9.89. The molecule has 0 atom stereocenters. The summed E-state index contributed by atoms with van der Waals surface area (Å²) in [4.78, 5) is 29.0. The van der Waals surface area contributed by atoms with E-state index in [1.54, 1.807) is 11.0 Å². The molecule has 0 radical (unpaired) electrons. The number of hydrogen-bond acceptors (Lipinski definition) is 3. The summed E-state index contributed by atoms with van der Waals surface area (Å²) in [7, 11) is 0. The molecule has 3 rings (SSSR count). The number of pyridine rings is 1. The van der Waals surface area contributed by atoms with Crippen molar-refractivity contribution in [1.82, 2.24) is 9.88 Å². The third-order valence-corrected chi connectivity index (χ3v) is 4.28. The number of carboxylic acids is 1. The van der Waals surface area contributed by atoms with Gasteiger partial charge in [0.2, 0.25) is 0 Å². The minimum Gasteiger partial charge on any atom is -0.477 e. The van der Waals surface area contributed by atoms with Crippen LogP contribution in [0.5, 0.6) is 0 Å². The van der Waals surface area contributed by atoms with Gasteiger partial charge in [0, 0.05) is 24.8 Å². The van der Waals surface area contributed by atoms with E-state index < -0.39 is 5.97 Å². The van der Waals surface area contributed by atoms with Crippen LogP contribution in [0.25, 0.3) is 0 Å². The van der Waals surface area contributed by atoms with E-state index in [4.69, 9.17) is 5.11 Å². The van der Waals surface area contributed by atoms with Crippen LogP contribution in [0.4, 0.5) is 0 Å². The van der Waals surface area contributed by atoms with E-state index in [0.717, 1.165) is 12.8 Å². The predicted molar refractivity (Wildman–Crippen MR) is 85.5 cm³/mol. The zero-order valence-electron chi connectivity index (χ0n) is 12.7. The van der Waals surface area contributed by atoms with Crippen LogP contribution in [-0.4, -0.2) is 40.0 Å². The summed E-state index contributed by atoms with van der Waals surface area (Å²) < 4.78 is 0. The number of nitrogens with zero attached hydrogens (tertiary/aromatic N) is 2. The van der Waals surface area contributed by atoms with Crippen molar-refractivity contribution in [1.29, 1.82) is 0 Å². The van der Waals surface area contributed by atoms with Gasteiger partial charge in [0.25, 0.3) is 5.91 Å². The Kier molecular flexibility index (Phi) is 4.37. The van der Waals surface area contributed by atoms with Crippen molar-refractivity contribution >= 4 is 11.9 Å². The molecule has 1 aromatic heterocycles. The normalized spacial score (nSPS) is 15.4. The number of rotatable bonds is 3. The highest BCUT2D eigenvalue weighted by atomic mass is 16.4. The average molecular weight is 310 g/mol. The second-order valence-electron chi connectivity index (χ2n) is 5.71. The highest BCUT2D eigenvalue weighted by molar-refractivity contribution is 5.96. The highest BCUT2D eigenvalue weighted by Gasteiger charge is 2.25. The van der Waals surface area contributed by atoms with Gasteiger partial charge in [-0.25, -0.2) is 9.78 Å². The van der Waals surface area contributed by atoms with Gasteiger partial charge in [-0.1, -0.05) is 30.3 Å². The number of aromatic nitrogens is 1. The number of carboxylic acid groups (broad SMARTS) is 1. The molecular weight excluding hydrogens is 292 g/mol. The van der Waals surface area contributed by atoms with E-state index in [1.165, 1.54) is 17.8 Å². The number of amides is 1. The van der Waals surface area contributed by atoms with E-state index in [-0.39, 0.29) is 11.6 Å². The monoisotopic (exact) mass is 310 g/mol. The topological polar surface area (TPSA) is 70.5 Å². The Morgan fingerprint density at radius 1 is 1.09 bits per heavy atom. The first-order valence-corrected chi connectivity index (χ1v) is 7.68. The largest absolute Gasteiger partial charge is 0.477 e. The molecule has 1 saturated heterocycles. The van der Waals surface area contributed by atoms with Gasteiger partial charge in [-0.15, -0.1) is 0 Å². The predicted octanol–water partition coefficient (Wildman–Crippen LogP) is 2.80. The van der Waals surface area contributed by atoms with Crippen LogP contribution < -0.4 is 0 Å². The Morgan fingerprint density at radius 3 is 2.43 bits per heavy atom. The molecule has 0 spiro atoms. The second-order valence-corrected chi connectivity index (χ2v) is 5.71. The first-order chi connectivity index (χ1) is 11.1. The van der Waals surface area contributed by atoms with Crippen molar-refractivity contribution in [2.24, 2.45) is 0 Å². The standard InChI is InChI=1S/C18H18N2O3/c21-17(15-6-9-19-16(12-15)18(22)23)20-10-7-14(8-11-20)13-4-2-1-3-5-13/h1-6,9,12,14H,7-8,10-11H2,(H,22,23). The number of carbonyl (C=O) groups excluding carboxylic acids is 1. The van der Waals surface area contributed by atoms with Gasteiger partial charge < -0.3 is 10.0 Å². The molecule has 118 valence electrons. The Balaban J connectivity index is 1.66. The maximum Gasteiger partial charge on any atom is 0.354 e. The van der Waals surface area contributed by atoms with E-state index in [9.17, 15) is 9.59 Å². The maximum absolute atomic E-state index is 12.5. The molecule has 1 aliphatic heterocycles. The van der Waals surface area contributed by atoms with E-state index in [1.807, 2.05) is 18.2 Å².